The predicted octanol–water partition coefficient (Wildman–Crippen LogP) is 5.44. The normalized spacial score (nSPS) is 14.7. The first-order chi connectivity index (χ1) is 16.9. The van der Waals surface area contributed by atoms with E-state index in [9.17, 15) is 18.0 Å². The molecule has 5 nitrogen and oxygen atoms in total. The van der Waals surface area contributed by atoms with Gasteiger partial charge in [-0.2, -0.15) is 13.2 Å². The zero-order valence-electron chi connectivity index (χ0n) is 19.4. The minimum Gasteiger partial charge on any atom is -0.410 e. The number of rotatable bonds is 7. The standard InChI is InChI=1S/C27H28F3N3O2/c28-27(29,30)24-9-5-21(6-10-24)19-22-7-11-25(12-8-22)35-26(34)33-17-15-32(16-18-33)14-2-4-23-3-1-13-31-20-23/h1,3,5-13,20H,2,4,14-19H2. The lowest BCUT2D eigenvalue weighted by Crippen LogP contribution is -2.49. The van der Waals surface area contributed by atoms with Gasteiger partial charge in [0.15, 0.2) is 0 Å². The average molecular weight is 484 g/mol. The minimum atomic E-state index is -4.34. The highest BCUT2D eigenvalue weighted by molar-refractivity contribution is 5.70. The average Bonchev–Trinajstić information content (AvgIpc) is 2.86. The van der Waals surface area contributed by atoms with Crippen LogP contribution in [0.2, 0.25) is 0 Å². The second kappa shape index (κ2) is 11.4. The molecular weight excluding hydrogens is 455 g/mol. The number of amides is 1. The van der Waals surface area contributed by atoms with Crippen LogP contribution >= 0.6 is 0 Å². The van der Waals surface area contributed by atoms with E-state index in [1.54, 1.807) is 23.2 Å². The van der Waals surface area contributed by atoms with Crippen molar-refractivity contribution in [2.45, 2.75) is 25.4 Å². The van der Waals surface area contributed by atoms with Gasteiger partial charge in [0, 0.05) is 38.6 Å². The summed E-state index contributed by atoms with van der Waals surface area (Å²) < 4.78 is 43.6. The molecule has 1 amide bonds. The molecule has 0 unspecified atom stereocenters. The Morgan fingerprint density at radius 3 is 2.14 bits per heavy atom. The Kier molecular flexibility index (Phi) is 8.02. The Balaban J connectivity index is 1.19. The van der Waals surface area contributed by atoms with E-state index < -0.39 is 11.7 Å². The van der Waals surface area contributed by atoms with E-state index in [1.807, 2.05) is 24.4 Å². The third-order valence-electron chi connectivity index (χ3n) is 6.11. The second-order valence-corrected chi connectivity index (χ2v) is 8.68. The summed E-state index contributed by atoms with van der Waals surface area (Å²) in [5.74, 6) is 0.449. The van der Waals surface area contributed by atoms with Crippen LogP contribution in [-0.2, 0) is 19.0 Å². The number of hydrogen-bond acceptors (Lipinski definition) is 4. The minimum absolute atomic E-state index is 0.365. The van der Waals surface area contributed by atoms with Crippen molar-refractivity contribution < 1.29 is 22.7 Å². The molecule has 8 heteroatoms. The highest BCUT2D eigenvalue weighted by Crippen LogP contribution is 2.29. The van der Waals surface area contributed by atoms with Crippen molar-refractivity contribution in [2.24, 2.45) is 0 Å². The molecule has 0 spiro atoms. The first kappa shape index (κ1) is 24.7. The lowest BCUT2D eigenvalue weighted by Gasteiger charge is -2.34. The number of carbonyl (C=O) groups is 1. The molecule has 1 aliphatic heterocycles. The van der Waals surface area contributed by atoms with Crippen LogP contribution in [0, 0.1) is 0 Å². The SMILES string of the molecule is O=C(Oc1ccc(Cc2ccc(C(F)(F)F)cc2)cc1)N1CCN(CCCc2cccnc2)CC1. The van der Waals surface area contributed by atoms with Gasteiger partial charge in [-0.3, -0.25) is 9.88 Å². The fourth-order valence-electron chi connectivity index (χ4n) is 4.09. The van der Waals surface area contributed by atoms with Gasteiger partial charge in [-0.1, -0.05) is 30.3 Å². The highest BCUT2D eigenvalue weighted by Gasteiger charge is 2.29. The summed E-state index contributed by atoms with van der Waals surface area (Å²) in [7, 11) is 0. The Morgan fingerprint density at radius 2 is 1.54 bits per heavy atom. The third-order valence-corrected chi connectivity index (χ3v) is 6.11. The quantitative estimate of drug-likeness (QED) is 0.449. The van der Waals surface area contributed by atoms with E-state index in [-0.39, 0.29) is 6.09 Å². The second-order valence-electron chi connectivity index (χ2n) is 8.68. The van der Waals surface area contributed by atoms with E-state index in [1.165, 1.54) is 17.7 Å². The molecule has 4 rings (SSSR count). The smallest absolute Gasteiger partial charge is 0.410 e. The van der Waals surface area contributed by atoms with Crippen LogP contribution in [-0.4, -0.2) is 53.6 Å². The summed E-state index contributed by atoms with van der Waals surface area (Å²) in [5, 5.41) is 0. The van der Waals surface area contributed by atoms with Crippen molar-refractivity contribution in [3.8, 4) is 5.75 Å². The van der Waals surface area contributed by atoms with Crippen LogP contribution in [0.5, 0.6) is 5.75 Å². The fourth-order valence-corrected chi connectivity index (χ4v) is 4.09. The molecule has 2 heterocycles. The summed E-state index contributed by atoms with van der Waals surface area (Å²) in [6.45, 7) is 3.86. The fraction of sp³-hybridized carbons (Fsp3) is 0.333. The van der Waals surface area contributed by atoms with Crippen LogP contribution in [0.25, 0.3) is 0 Å². The first-order valence-corrected chi connectivity index (χ1v) is 11.7. The number of nitrogens with zero attached hydrogens (tertiary/aromatic N) is 3. The number of pyridine rings is 1. The van der Waals surface area contributed by atoms with Crippen molar-refractivity contribution >= 4 is 6.09 Å². The number of benzene rings is 2. The molecule has 0 atom stereocenters. The summed E-state index contributed by atoms with van der Waals surface area (Å²) in [6, 6.07) is 16.2. The molecule has 0 bridgehead atoms. The van der Waals surface area contributed by atoms with Crippen molar-refractivity contribution in [1.29, 1.82) is 0 Å². The van der Waals surface area contributed by atoms with Gasteiger partial charge in [0.2, 0.25) is 0 Å². The molecule has 0 aliphatic carbocycles. The molecule has 1 saturated heterocycles. The van der Waals surface area contributed by atoms with Crippen molar-refractivity contribution in [1.82, 2.24) is 14.8 Å². The molecule has 1 aromatic heterocycles. The lowest BCUT2D eigenvalue weighted by atomic mass is 10.0. The molecule has 184 valence electrons. The maximum absolute atomic E-state index is 12.7. The van der Waals surface area contributed by atoms with Crippen LogP contribution in [0.3, 0.4) is 0 Å². The Hall–Kier alpha value is -3.39. The molecule has 0 radical (unpaired) electrons. The van der Waals surface area contributed by atoms with Crippen LogP contribution < -0.4 is 4.74 Å². The Labute approximate surface area is 203 Å². The van der Waals surface area contributed by atoms with Gasteiger partial charge in [-0.05, 0) is 72.8 Å². The highest BCUT2D eigenvalue weighted by atomic mass is 19.4. The number of alkyl halides is 3. The number of piperazine rings is 1. The summed E-state index contributed by atoms with van der Waals surface area (Å²) in [6.07, 6.45) is 1.51. The van der Waals surface area contributed by atoms with Crippen LogP contribution in [0.1, 0.15) is 28.7 Å². The van der Waals surface area contributed by atoms with Gasteiger partial charge in [0.1, 0.15) is 5.75 Å². The largest absolute Gasteiger partial charge is 0.416 e. The molecule has 0 saturated carbocycles. The zero-order valence-corrected chi connectivity index (χ0v) is 19.4. The van der Waals surface area contributed by atoms with Crippen molar-refractivity contribution in [2.75, 3.05) is 32.7 Å². The molecule has 1 fully saturated rings. The third kappa shape index (κ3) is 7.29. The van der Waals surface area contributed by atoms with Gasteiger partial charge < -0.3 is 9.64 Å². The van der Waals surface area contributed by atoms with E-state index in [4.69, 9.17) is 4.74 Å². The Morgan fingerprint density at radius 1 is 0.886 bits per heavy atom. The first-order valence-electron chi connectivity index (χ1n) is 11.7. The zero-order chi connectivity index (χ0) is 24.7. The van der Waals surface area contributed by atoms with Gasteiger partial charge in [0.25, 0.3) is 0 Å². The lowest BCUT2D eigenvalue weighted by molar-refractivity contribution is -0.137. The number of carbonyl (C=O) groups excluding carboxylic acids is 1. The number of ether oxygens (including phenoxy) is 1. The summed E-state index contributed by atoms with van der Waals surface area (Å²) in [4.78, 5) is 20.8. The molecule has 0 N–H and O–H groups in total. The summed E-state index contributed by atoms with van der Waals surface area (Å²) >= 11 is 0. The van der Waals surface area contributed by atoms with Crippen LogP contribution in [0.15, 0.2) is 73.1 Å². The summed E-state index contributed by atoms with van der Waals surface area (Å²) in [5.41, 5.74) is 2.28. The molecule has 1 aliphatic rings. The van der Waals surface area contributed by atoms with E-state index in [2.05, 4.69) is 16.0 Å². The maximum atomic E-state index is 12.7. The number of hydrogen-bond donors (Lipinski definition) is 0. The van der Waals surface area contributed by atoms with Crippen molar-refractivity contribution in [3.05, 3.63) is 95.3 Å². The van der Waals surface area contributed by atoms with E-state index in [0.717, 1.165) is 55.7 Å². The van der Waals surface area contributed by atoms with Gasteiger partial charge in [-0.15, -0.1) is 0 Å². The maximum Gasteiger partial charge on any atom is 0.416 e. The number of aromatic nitrogens is 1. The molecule has 2 aromatic carbocycles. The molecule has 3 aromatic rings. The number of aryl methyl sites for hydroxylation is 1. The number of halogens is 3. The van der Waals surface area contributed by atoms with Crippen molar-refractivity contribution in [3.63, 3.8) is 0 Å². The van der Waals surface area contributed by atoms with Gasteiger partial charge in [-0.25, -0.2) is 4.79 Å². The monoisotopic (exact) mass is 483 g/mol. The van der Waals surface area contributed by atoms with E-state index in [0.29, 0.717) is 25.3 Å². The molecular formula is C27H28F3N3O2. The predicted molar refractivity (Wildman–Crippen MR) is 127 cm³/mol. The Bertz CT molecular complexity index is 1080. The van der Waals surface area contributed by atoms with Gasteiger partial charge >= 0.3 is 12.3 Å². The topological polar surface area (TPSA) is 45.7 Å². The van der Waals surface area contributed by atoms with Gasteiger partial charge in [0.05, 0.1) is 5.56 Å². The van der Waals surface area contributed by atoms with E-state index >= 15 is 0 Å². The van der Waals surface area contributed by atoms with Crippen LogP contribution in [0.4, 0.5) is 18.0 Å². The molecule has 35 heavy (non-hydrogen) atoms.